The topological polar surface area (TPSA) is 46.6 Å². The van der Waals surface area contributed by atoms with Gasteiger partial charge in [0.05, 0.1) is 0 Å². The highest BCUT2D eigenvalue weighted by Crippen LogP contribution is 2.24. The van der Waals surface area contributed by atoms with Gasteiger partial charge in [0.2, 0.25) is 0 Å². The number of aryl methyl sites for hydroxylation is 1. The highest BCUT2D eigenvalue weighted by molar-refractivity contribution is 5.97. The summed E-state index contributed by atoms with van der Waals surface area (Å²) in [5, 5.41) is 0. The summed E-state index contributed by atoms with van der Waals surface area (Å²) in [4.78, 5) is 27.4. The number of anilines is 1. The van der Waals surface area contributed by atoms with Crippen molar-refractivity contribution in [2.75, 3.05) is 4.90 Å². The van der Waals surface area contributed by atoms with Gasteiger partial charge >= 0.3 is 5.97 Å². The Morgan fingerprint density at radius 3 is 2.94 bits per heavy atom. The zero-order valence-corrected chi connectivity index (χ0v) is 9.80. The molecule has 5 heteroatoms. The maximum absolute atomic E-state index is 12.1. The van der Waals surface area contributed by atoms with Crippen LogP contribution in [0.5, 0.6) is 0 Å². The van der Waals surface area contributed by atoms with Gasteiger partial charge in [0.25, 0.3) is 0 Å². The van der Waals surface area contributed by atoms with E-state index in [4.69, 9.17) is 0 Å². The van der Waals surface area contributed by atoms with Crippen LogP contribution in [0, 0.1) is 6.92 Å². The van der Waals surface area contributed by atoms with E-state index in [2.05, 4.69) is 4.94 Å². The van der Waals surface area contributed by atoms with Gasteiger partial charge in [-0.2, -0.15) is 0 Å². The van der Waals surface area contributed by atoms with Crippen molar-refractivity contribution in [3.63, 3.8) is 0 Å². The quantitative estimate of drug-likeness (QED) is 0.805. The number of carbonyl (C=O) groups is 2. The summed E-state index contributed by atoms with van der Waals surface area (Å²) < 4.78 is 12.1. The third-order valence-electron chi connectivity index (χ3n) is 2.80. The molecule has 18 heavy (non-hydrogen) atoms. The Morgan fingerprint density at radius 1 is 1.50 bits per heavy atom. The maximum Gasteiger partial charge on any atom is 0.371 e. The minimum Gasteiger partial charge on any atom is -0.333 e. The van der Waals surface area contributed by atoms with Crippen molar-refractivity contribution in [3.8, 4) is 0 Å². The van der Waals surface area contributed by atoms with E-state index in [1.165, 1.54) is 17.2 Å². The van der Waals surface area contributed by atoms with Crippen LogP contribution >= 0.6 is 0 Å². The number of rotatable bonds is 2. The Morgan fingerprint density at radius 2 is 2.28 bits per heavy atom. The van der Waals surface area contributed by atoms with Crippen molar-refractivity contribution >= 4 is 17.4 Å². The van der Waals surface area contributed by atoms with Crippen molar-refractivity contribution in [2.45, 2.75) is 19.4 Å². The van der Waals surface area contributed by atoms with Gasteiger partial charge < -0.3 is 4.90 Å². The second-order valence-electron chi connectivity index (χ2n) is 4.14. The van der Waals surface area contributed by atoms with E-state index in [0.717, 1.165) is 5.56 Å². The van der Waals surface area contributed by atoms with Crippen LogP contribution in [0.1, 0.15) is 12.0 Å². The number of nitrogens with zero attached hydrogens (tertiary/aromatic N) is 1. The first kappa shape index (κ1) is 12.3. The molecule has 0 amide bonds. The van der Waals surface area contributed by atoms with Crippen LogP contribution < -0.4 is 4.90 Å². The van der Waals surface area contributed by atoms with E-state index < -0.39 is 12.0 Å². The lowest BCUT2D eigenvalue weighted by Crippen LogP contribution is -2.42. The zero-order valence-electron chi connectivity index (χ0n) is 9.80. The smallest absolute Gasteiger partial charge is 0.333 e. The van der Waals surface area contributed by atoms with Crippen LogP contribution in [0.3, 0.4) is 0 Å². The third kappa shape index (κ3) is 2.40. The van der Waals surface area contributed by atoms with Crippen molar-refractivity contribution in [1.82, 2.24) is 0 Å². The van der Waals surface area contributed by atoms with Gasteiger partial charge in [0.1, 0.15) is 6.04 Å². The van der Waals surface area contributed by atoms with E-state index in [9.17, 15) is 14.1 Å². The number of carbonyl (C=O) groups excluding carboxylic acids is 2. The van der Waals surface area contributed by atoms with Gasteiger partial charge in [-0.05, 0) is 30.7 Å². The summed E-state index contributed by atoms with van der Waals surface area (Å²) in [6.07, 6.45) is 2.75. The van der Waals surface area contributed by atoms with Crippen molar-refractivity contribution in [3.05, 3.63) is 42.1 Å². The lowest BCUT2D eigenvalue weighted by atomic mass is 10.0. The molecule has 2 rings (SSSR count). The molecule has 4 nitrogen and oxygen atoms in total. The molecule has 0 saturated carbocycles. The normalized spacial score (nSPS) is 18.9. The summed E-state index contributed by atoms with van der Waals surface area (Å²) >= 11 is 0. The van der Waals surface area contributed by atoms with Crippen LogP contribution in [0.15, 0.2) is 36.5 Å². The summed E-state index contributed by atoms with van der Waals surface area (Å²) in [6.45, 7) is 1.91. The molecule has 1 aliphatic rings. The van der Waals surface area contributed by atoms with Gasteiger partial charge in [0.15, 0.2) is 5.78 Å². The Hall–Kier alpha value is -2.17. The molecule has 94 valence electrons. The van der Waals surface area contributed by atoms with E-state index in [1.54, 1.807) is 6.07 Å². The predicted molar refractivity (Wildman–Crippen MR) is 63.4 cm³/mol. The maximum atomic E-state index is 12.1. The van der Waals surface area contributed by atoms with Crippen molar-refractivity contribution in [2.24, 2.45) is 0 Å². The number of allylic oxidation sites excluding steroid dienone is 1. The molecule has 0 radical (unpaired) electrons. The fourth-order valence-corrected chi connectivity index (χ4v) is 1.93. The van der Waals surface area contributed by atoms with E-state index in [1.807, 2.05) is 25.1 Å². The Labute approximate surface area is 104 Å². The Kier molecular flexibility index (Phi) is 3.41. The van der Waals surface area contributed by atoms with Gasteiger partial charge in [-0.3, -0.25) is 9.74 Å². The van der Waals surface area contributed by atoms with E-state index >= 15 is 0 Å². The van der Waals surface area contributed by atoms with Crippen LogP contribution in [0.25, 0.3) is 0 Å². The lowest BCUT2D eigenvalue weighted by Gasteiger charge is -2.29. The zero-order chi connectivity index (χ0) is 13.1. The molecular formula is C13H12FNO3. The van der Waals surface area contributed by atoms with Crippen molar-refractivity contribution < 1.29 is 19.1 Å². The van der Waals surface area contributed by atoms with Crippen LogP contribution in [-0.4, -0.2) is 17.8 Å². The molecule has 0 aliphatic carbocycles. The van der Waals surface area contributed by atoms with Crippen molar-refractivity contribution in [1.29, 1.82) is 0 Å². The SMILES string of the molecule is Cc1cccc(N2C=CC(=O)CC2C(=O)OF)c1. The number of ketones is 1. The second kappa shape index (κ2) is 5.00. The molecular weight excluding hydrogens is 237 g/mol. The molecule has 1 unspecified atom stereocenters. The average Bonchev–Trinajstić information content (AvgIpc) is 2.37. The fraction of sp³-hybridized carbons (Fsp3) is 0.231. The number of benzene rings is 1. The Balaban J connectivity index is 2.36. The number of hydrogen-bond donors (Lipinski definition) is 0. The predicted octanol–water partition coefficient (Wildman–Crippen LogP) is 2.08. The first-order valence-electron chi connectivity index (χ1n) is 5.50. The highest BCUT2D eigenvalue weighted by Gasteiger charge is 2.32. The summed E-state index contributed by atoms with van der Waals surface area (Å²) in [5.74, 6) is -1.29. The summed E-state index contributed by atoms with van der Waals surface area (Å²) in [5.41, 5.74) is 1.72. The lowest BCUT2D eigenvalue weighted by molar-refractivity contribution is -0.185. The van der Waals surface area contributed by atoms with Gasteiger partial charge in [-0.25, -0.2) is 4.79 Å². The monoisotopic (exact) mass is 249 g/mol. The Bertz CT molecular complexity index is 513. The molecule has 0 saturated heterocycles. The molecule has 1 heterocycles. The van der Waals surface area contributed by atoms with E-state index in [0.29, 0.717) is 5.69 Å². The standard InChI is InChI=1S/C13H12FNO3/c1-9-3-2-4-10(7-9)15-6-5-11(16)8-12(15)13(17)18-14/h2-7,12H,8H2,1H3. The molecule has 1 aliphatic heterocycles. The average molecular weight is 249 g/mol. The molecule has 1 aromatic carbocycles. The van der Waals surface area contributed by atoms with Gasteiger partial charge in [-0.1, -0.05) is 12.1 Å². The van der Waals surface area contributed by atoms with Gasteiger partial charge in [-0.15, -0.1) is 0 Å². The number of hydrogen-bond acceptors (Lipinski definition) is 4. The first-order chi connectivity index (χ1) is 8.61. The van der Waals surface area contributed by atoms with Gasteiger partial charge in [0, 0.05) is 22.8 Å². The minimum absolute atomic E-state index is 0.0901. The summed E-state index contributed by atoms with van der Waals surface area (Å²) in [6, 6.07) is 6.41. The van der Waals surface area contributed by atoms with Crippen LogP contribution in [0.4, 0.5) is 10.2 Å². The fourth-order valence-electron chi connectivity index (χ4n) is 1.93. The number of halogens is 1. The molecule has 0 fully saturated rings. The third-order valence-corrected chi connectivity index (χ3v) is 2.80. The molecule has 0 bridgehead atoms. The molecule has 0 N–H and O–H groups in total. The second-order valence-corrected chi connectivity index (χ2v) is 4.14. The molecule has 1 aromatic rings. The molecule has 0 spiro atoms. The molecule has 1 atom stereocenters. The van der Waals surface area contributed by atoms with E-state index in [-0.39, 0.29) is 12.2 Å². The molecule has 0 aromatic heterocycles. The largest absolute Gasteiger partial charge is 0.371 e. The van der Waals surface area contributed by atoms with Crippen LogP contribution in [0.2, 0.25) is 0 Å². The minimum atomic E-state index is -1.06. The highest BCUT2D eigenvalue weighted by atomic mass is 19.3. The van der Waals surface area contributed by atoms with Crippen LogP contribution in [-0.2, 0) is 14.5 Å². The first-order valence-corrected chi connectivity index (χ1v) is 5.50. The summed E-state index contributed by atoms with van der Waals surface area (Å²) in [7, 11) is 0.